The summed E-state index contributed by atoms with van der Waals surface area (Å²) in [4.78, 5) is 61.7. The van der Waals surface area contributed by atoms with Gasteiger partial charge in [0.1, 0.15) is 40.7 Å². The van der Waals surface area contributed by atoms with Gasteiger partial charge in [0.05, 0.1) is 0 Å². The Balaban J connectivity index is 1.85. The van der Waals surface area contributed by atoms with E-state index in [0.717, 1.165) is 12.0 Å². The van der Waals surface area contributed by atoms with Crippen LogP contribution in [0.4, 0.5) is 31.8 Å². The normalized spacial score (nSPS) is 28.1. The molecular weight excluding hydrogens is 621 g/mol. The molecule has 0 aliphatic carbocycles. The number of nitrogens with zero attached hydrogens (tertiary/aromatic N) is 3. The lowest BCUT2D eigenvalue weighted by atomic mass is 9.97. The molecule has 18 nitrogen and oxygen atoms in total. The Morgan fingerprint density at radius 2 is 1.56 bits per heavy atom. The molecule has 0 spiro atoms. The number of hydrogen-bond donors (Lipinski definition) is 3. The van der Waals surface area contributed by atoms with E-state index >= 15 is 0 Å². The minimum absolute atomic E-state index is 0.355. The van der Waals surface area contributed by atoms with Crippen LogP contribution >= 0.6 is 7.60 Å². The van der Waals surface area contributed by atoms with Crippen molar-refractivity contribution in [3.05, 3.63) is 10.4 Å². The molecule has 4 rings (SSSR count). The van der Waals surface area contributed by atoms with Crippen LogP contribution in [-0.2, 0) is 37.3 Å². The van der Waals surface area contributed by atoms with Gasteiger partial charge in [-0.25, -0.2) is 19.3 Å². The van der Waals surface area contributed by atoms with Gasteiger partial charge in [0, 0.05) is 7.11 Å². The Kier molecular flexibility index (Phi) is 9.09. The number of aromatic amines is 1. The number of aliphatic hydroxyl groups excluding tert-OH is 1. The molecule has 3 N–H and O–H groups in total. The van der Waals surface area contributed by atoms with Gasteiger partial charge in [0.15, 0.2) is 24.7 Å². The molecule has 45 heavy (non-hydrogen) atoms. The lowest BCUT2D eigenvalue weighted by molar-refractivity contribution is -0.272. The molecule has 0 saturated carbocycles. The van der Waals surface area contributed by atoms with Gasteiger partial charge in [-0.1, -0.05) is 0 Å². The van der Waals surface area contributed by atoms with Gasteiger partial charge in [-0.05, 0) is 62.3 Å². The zero-order valence-corrected chi connectivity index (χ0v) is 27.6. The maximum atomic E-state index is 13.7. The summed E-state index contributed by atoms with van der Waals surface area (Å²) in [5, 5.41) is 14.1. The average molecular weight is 662 g/mol. The first kappa shape index (κ1) is 34.6. The Hall–Kier alpha value is -3.28. The second-order valence-electron chi connectivity index (χ2n) is 13.4. The van der Waals surface area contributed by atoms with Gasteiger partial charge in [-0.3, -0.25) is 18.9 Å². The molecule has 3 aliphatic heterocycles. The van der Waals surface area contributed by atoms with Gasteiger partial charge in [-0.15, -0.1) is 4.90 Å². The van der Waals surface area contributed by atoms with E-state index in [2.05, 4.69) is 15.3 Å². The molecule has 0 aromatic carbocycles. The smallest absolute Gasteiger partial charge is 0.427 e. The number of carbonyl (C=O) groups is 3. The number of rotatable bonds is 2. The summed E-state index contributed by atoms with van der Waals surface area (Å²) in [6, 6.07) is -1.28. The van der Waals surface area contributed by atoms with Crippen molar-refractivity contribution in [3.63, 3.8) is 0 Å². The molecule has 0 radical (unpaired) electrons. The molecule has 1 aromatic rings. The van der Waals surface area contributed by atoms with Crippen LogP contribution in [0.1, 0.15) is 62.3 Å². The Morgan fingerprint density at radius 1 is 1.00 bits per heavy atom. The van der Waals surface area contributed by atoms with Crippen molar-refractivity contribution in [2.24, 2.45) is 0 Å². The highest BCUT2D eigenvalue weighted by molar-refractivity contribution is 7.53. The number of ether oxygens (including phenoxy) is 5. The highest BCUT2D eigenvalue weighted by Gasteiger charge is 2.58. The Morgan fingerprint density at radius 3 is 2.07 bits per heavy atom. The van der Waals surface area contributed by atoms with Crippen molar-refractivity contribution in [2.75, 3.05) is 28.6 Å². The summed E-state index contributed by atoms with van der Waals surface area (Å²) in [5.74, 6) is -1.07. The first-order valence-corrected chi connectivity index (χ1v) is 15.7. The number of amides is 3. The number of aliphatic hydroxyl groups is 1. The minimum atomic E-state index is -3.74. The first-order valence-electron chi connectivity index (χ1n) is 14.0. The first-order chi connectivity index (χ1) is 20.5. The van der Waals surface area contributed by atoms with Crippen molar-refractivity contribution >= 4 is 43.3 Å². The number of imide groups is 1. The zero-order chi connectivity index (χ0) is 33.9. The fraction of sp³-hybridized carbons (Fsp3) is 0.731. The summed E-state index contributed by atoms with van der Waals surface area (Å²) in [6.45, 7) is 14.2. The highest BCUT2D eigenvalue weighted by Crippen LogP contribution is 2.54. The molecular formula is C26H40N5O13P. The maximum Gasteiger partial charge on any atom is 0.427 e. The van der Waals surface area contributed by atoms with Crippen LogP contribution in [-0.4, -0.2) is 94.4 Å². The van der Waals surface area contributed by atoms with Gasteiger partial charge in [-0.2, -0.15) is 4.98 Å². The Labute approximate surface area is 259 Å². The van der Waals surface area contributed by atoms with Crippen LogP contribution in [0.15, 0.2) is 4.79 Å². The summed E-state index contributed by atoms with van der Waals surface area (Å²) in [7, 11) is -2.59. The molecule has 2 saturated heterocycles. The number of anilines is 3. The largest absolute Gasteiger partial charge is 0.443 e. The van der Waals surface area contributed by atoms with Crippen molar-refractivity contribution in [2.45, 2.75) is 110 Å². The third-order valence-electron chi connectivity index (χ3n) is 6.15. The molecule has 0 bridgehead atoms. The van der Waals surface area contributed by atoms with Crippen LogP contribution in [0.25, 0.3) is 0 Å². The molecule has 3 amide bonds. The molecule has 6 atom stereocenters. The van der Waals surface area contributed by atoms with E-state index in [9.17, 15) is 28.8 Å². The van der Waals surface area contributed by atoms with Crippen molar-refractivity contribution < 1.29 is 56.8 Å². The number of aromatic nitrogens is 2. The fourth-order valence-electron chi connectivity index (χ4n) is 4.45. The monoisotopic (exact) mass is 661 g/mol. The zero-order valence-electron chi connectivity index (χ0n) is 26.7. The maximum absolute atomic E-state index is 13.7. The average Bonchev–Trinajstić information content (AvgIpc) is 2.85. The lowest BCUT2D eigenvalue weighted by Crippen LogP contribution is -2.69. The third-order valence-corrected chi connectivity index (χ3v) is 7.73. The van der Waals surface area contributed by atoms with Crippen LogP contribution < -0.4 is 20.7 Å². The SMILES string of the molecule is COP1(=O)CO[C@H]2O[C@@H]3[C@@H](Nc4c(nc(N(C(=O)OC(C)(C)C)C(=O)OC(C)(C)C)[nH]c4=O)N3C(=O)OC(C)(C)C)[C@@H](O)[C@H]2O1. The van der Waals surface area contributed by atoms with E-state index in [0.29, 0.717) is 4.90 Å². The second kappa shape index (κ2) is 11.8. The standard InChI is InChI=1S/C26H40N5O13P/c1-24(2,3)41-21(34)30-16-13(27-12-14(32)15-19(40-18(12)30)39-11-45(37,38-10)44-15)17(33)29-20(28-16)31(22(35)42-25(4,5)6)23(36)43-26(7,8)9/h12,14-15,18-19,27,32H,11H2,1-10H3,(H,28,29,33)/t12-,14+,15+,18+,19-,45?/m0/s1. The van der Waals surface area contributed by atoms with Gasteiger partial charge in [0.2, 0.25) is 5.95 Å². The van der Waals surface area contributed by atoms with E-state index in [1.54, 1.807) is 62.3 Å². The van der Waals surface area contributed by atoms with Crippen molar-refractivity contribution in [1.82, 2.24) is 9.97 Å². The number of nitrogens with one attached hydrogen (secondary N) is 2. The number of hydrogen-bond acceptors (Lipinski definition) is 15. The summed E-state index contributed by atoms with van der Waals surface area (Å²) in [6.07, 6.45) is -9.74. The third kappa shape index (κ3) is 7.58. The topological polar surface area (TPSA) is 217 Å². The predicted octanol–water partition coefficient (Wildman–Crippen LogP) is 3.24. The fourth-order valence-corrected chi connectivity index (χ4v) is 5.62. The highest BCUT2D eigenvalue weighted by atomic mass is 31.2. The quantitative estimate of drug-likeness (QED) is 0.306. The van der Waals surface area contributed by atoms with Gasteiger partial charge in [0.25, 0.3) is 5.56 Å². The van der Waals surface area contributed by atoms with Crippen LogP contribution in [0.3, 0.4) is 0 Å². The summed E-state index contributed by atoms with van der Waals surface area (Å²) in [5.41, 5.74) is -4.50. The molecule has 2 fully saturated rings. The van der Waals surface area contributed by atoms with E-state index in [1.165, 1.54) is 0 Å². The van der Waals surface area contributed by atoms with Crippen LogP contribution in [0, 0.1) is 0 Å². The lowest BCUT2D eigenvalue weighted by Gasteiger charge is -2.51. The minimum Gasteiger partial charge on any atom is -0.443 e. The van der Waals surface area contributed by atoms with E-state index in [1.807, 2.05) is 0 Å². The van der Waals surface area contributed by atoms with E-state index < -0.39 is 97.1 Å². The van der Waals surface area contributed by atoms with Crippen molar-refractivity contribution in [3.8, 4) is 0 Å². The molecule has 19 heteroatoms. The van der Waals surface area contributed by atoms with E-state index in [4.69, 9.17) is 32.7 Å². The number of fused-ring (bicyclic) bond motifs is 3. The number of carbonyl (C=O) groups excluding carboxylic acids is 3. The predicted molar refractivity (Wildman–Crippen MR) is 156 cm³/mol. The van der Waals surface area contributed by atoms with E-state index in [-0.39, 0.29) is 5.69 Å². The Bertz CT molecular complexity index is 1420. The number of H-pyrrole nitrogens is 1. The molecule has 4 heterocycles. The molecule has 252 valence electrons. The summed E-state index contributed by atoms with van der Waals surface area (Å²) >= 11 is 0. The molecule has 3 aliphatic rings. The summed E-state index contributed by atoms with van der Waals surface area (Å²) < 4.78 is 51.1. The van der Waals surface area contributed by atoms with Gasteiger partial charge < -0.3 is 38.6 Å². The van der Waals surface area contributed by atoms with Gasteiger partial charge >= 0.3 is 25.9 Å². The molecule has 1 aromatic heterocycles. The van der Waals surface area contributed by atoms with Crippen LogP contribution in [0.2, 0.25) is 0 Å². The van der Waals surface area contributed by atoms with Crippen LogP contribution in [0.5, 0.6) is 0 Å². The van der Waals surface area contributed by atoms with Crippen molar-refractivity contribution in [1.29, 1.82) is 0 Å². The second-order valence-corrected chi connectivity index (χ2v) is 15.5. The molecule has 1 unspecified atom stereocenters.